The van der Waals surface area contributed by atoms with Crippen LogP contribution in [-0.4, -0.2) is 11.2 Å². The lowest BCUT2D eigenvalue weighted by Gasteiger charge is -2.04. The third-order valence-electron chi connectivity index (χ3n) is 1.58. The van der Waals surface area contributed by atoms with Gasteiger partial charge in [-0.05, 0) is 43.5 Å². The minimum Gasteiger partial charge on any atom is -0.393 e. The zero-order valence-corrected chi connectivity index (χ0v) is 8.88. The van der Waals surface area contributed by atoms with Crippen molar-refractivity contribution in [1.82, 2.24) is 0 Å². The van der Waals surface area contributed by atoms with Gasteiger partial charge in [-0.2, -0.15) is 0 Å². The highest BCUT2D eigenvalue weighted by Gasteiger charge is 2.01. The normalized spacial score (nSPS) is 12.9. The van der Waals surface area contributed by atoms with Crippen LogP contribution in [0.4, 0.5) is 4.39 Å². The van der Waals surface area contributed by atoms with Crippen LogP contribution in [0, 0.1) is 12.2 Å². The van der Waals surface area contributed by atoms with Crippen molar-refractivity contribution >= 4 is 15.9 Å². The third kappa shape index (κ3) is 3.87. The van der Waals surface area contributed by atoms with Crippen molar-refractivity contribution in [1.29, 1.82) is 0 Å². The SMILES string of the molecule is CC(O)C[CH]c1cc(F)cc(Br)c1. The van der Waals surface area contributed by atoms with Crippen molar-refractivity contribution in [3.05, 3.63) is 40.5 Å². The molecular formula is C10H11BrFO. The van der Waals surface area contributed by atoms with Gasteiger partial charge in [-0.25, -0.2) is 4.39 Å². The molecule has 0 bridgehead atoms. The van der Waals surface area contributed by atoms with Gasteiger partial charge in [0.05, 0.1) is 6.10 Å². The Kier molecular flexibility index (Phi) is 3.88. The van der Waals surface area contributed by atoms with E-state index < -0.39 is 0 Å². The van der Waals surface area contributed by atoms with Gasteiger partial charge in [-0.1, -0.05) is 15.9 Å². The van der Waals surface area contributed by atoms with E-state index in [1.807, 2.05) is 6.07 Å². The van der Waals surface area contributed by atoms with Crippen molar-refractivity contribution in [2.75, 3.05) is 0 Å². The van der Waals surface area contributed by atoms with Crippen molar-refractivity contribution < 1.29 is 9.50 Å². The summed E-state index contributed by atoms with van der Waals surface area (Å²) < 4.78 is 13.6. The number of hydrogen-bond donors (Lipinski definition) is 1. The Hall–Kier alpha value is -0.410. The molecule has 0 heterocycles. The highest BCUT2D eigenvalue weighted by atomic mass is 79.9. The average molecular weight is 246 g/mol. The molecule has 0 aliphatic rings. The first-order valence-corrected chi connectivity index (χ1v) is 4.84. The minimum absolute atomic E-state index is 0.272. The molecule has 0 fully saturated rings. The molecule has 1 nitrogen and oxygen atoms in total. The van der Waals surface area contributed by atoms with Gasteiger partial charge in [0.1, 0.15) is 5.82 Å². The first-order valence-electron chi connectivity index (χ1n) is 4.05. The lowest BCUT2D eigenvalue weighted by atomic mass is 10.1. The standard InChI is InChI=1S/C10H11BrFO/c1-7(13)2-3-8-4-9(11)6-10(12)5-8/h3-7,13H,2H2,1H3. The van der Waals surface area contributed by atoms with Crippen LogP contribution in [0.5, 0.6) is 0 Å². The van der Waals surface area contributed by atoms with Gasteiger partial charge >= 0.3 is 0 Å². The Morgan fingerprint density at radius 2 is 2.23 bits per heavy atom. The molecule has 1 rings (SSSR count). The molecule has 0 saturated heterocycles. The second kappa shape index (κ2) is 4.72. The Morgan fingerprint density at radius 1 is 1.54 bits per heavy atom. The summed E-state index contributed by atoms with van der Waals surface area (Å²) in [5, 5.41) is 9.02. The minimum atomic E-state index is -0.387. The van der Waals surface area contributed by atoms with Crippen LogP contribution in [0.15, 0.2) is 22.7 Å². The Balaban J connectivity index is 2.66. The number of rotatable bonds is 3. The summed E-state index contributed by atoms with van der Waals surface area (Å²) in [7, 11) is 0. The fourth-order valence-electron chi connectivity index (χ4n) is 1.000. The number of aliphatic hydroxyl groups is 1. The van der Waals surface area contributed by atoms with Crippen LogP contribution in [-0.2, 0) is 0 Å². The molecule has 1 N–H and O–H groups in total. The summed E-state index contributed by atoms with van der Waals surface area (Å²) in [6, 6.07) is 4.65. The molecule has 1 unspecified atom stereocenters. The smallest absolute Gasteiger partial charge is 0.124 e. The van der Waals surface area contributed by atoms with Crippen LogP contribution in [0.25, 0.3) is 0 Å². The summed E-state index contributed by atoms with van der Waals surface area (Å²) in [6.07, 6.45) is 1.95. The summed E-state index contributed by atoms with van der Waals surface area (Å²) in [6.45, 7) is 1.70. The zero-order valence-electron chi connectivity index (χ0n) is 7.30. The van der Waals surface area contributed by atoms with Crippen molar-refractivity contribution in [2.45, 2.75) is 19.4 Å². The number of halogens is 2. The van der Waals surface area contributed by atoms with Gasteiger partial charge in [0.25, 0.3) is 0 Å². The topological polar surface area (TPSA) is 20.2 Å². The first-order chi connectivity index (χ1) is 6.08. The van der Waals surface area contributed by atoms with Gasteiger partial charge in [0.15, 0.2) is 0 Å². The summed E-state index contributed by atoms with van der Waals surface area (Å²) in [5.74, 6) is -0.272. The van der Waals surface area contributed by atoms with Gasteiger partial charge < -0.3 is 5.11 Å². The van der Waals surface area contributed by atoms with E-state index in [-0.39, 0.29) is 11.9 Å². The van der Waals surface area contributed by atoms with Crippen molar-refractivity contribution in [3.8, 4) is 0 Å². The molecule has 13 heavy (non-hydrogen) atoms. The Labute approximate surface area is 85.7 Å². The quantitative estimate of drug-likeness (QED) is 0.869. The predicted molar refractivity (Wildman–Crippen MR) is 53.8 cm³/mol. The number of aliphatic hydroxyl groups excluding tert-OH is 1. The maximum Gasteiger partial charge on any atom is 0.124 e. The Bertz CT molecular complexity index is 266. The van der Waals surface area contributed by atoms with Crippen LogP contribution in [0.3, 0.4) is 0 Å². The molecule has 1 radical (unpaired) electrons. The fourth-order valence-corrected chi connectivity index (χ4v) is 1.48. The molecule has 0 aliphatic heterocycles. The number of benzene rings is 1. The lowest BCUT2D eigenvalue weighted by molar-refractivity contribution is 0.195. The van der Waals surface area contributed by atoms with E-state index >= 15 is 0 Å². The molecule has 71 valence electrons. The largest absolute Gasteiger partial charge is 0.393 e. The summed E-state index contributed by atoms with van der Waals surface area (Å²) >= 11 is 3.20. The van der Waals surface area contributed by atoms with Crippen LogP contribution < -0.4 is 0 Å². The maximum absolute atomic E-state index is 12.8. The van der Waals surface area contributed by atoms with Gasteiger partial charge in [0.2, 0.25) is 0 Å². The van der Waals surface area contributed by atoms with Crippen molar-refractivity contribution in [2.24, 2.45) is 0 Å². The predicted octanol–water partition coefficient (Wildman–Crippen LogP) is 2.91. The van der Waals surface area contributed by atoms with E-state index in [2.05, 4.69) is 15.9 Å². The first kappa shape index (κ1) is 10.7. The van der Waals surface area contributed by atoms with E-state index in [1.165, 1.54) is 12.1 Å². The molecule has 0 spiro atoms. The Morgan fingerprint density at radius 3 is 2.77 bits per heavy atom. The maximum atomic E-state index is 12.8. The molecule has 1 aromatic carbocycles. The molecule has 0 aromatic heterocycles. The second-order valence-corrected chi connectivity index (χ2v) is 3.91. The molecule has 1 atom stereocenters. The summed E-state index contributed by atoms with van der Waals surface area (Å²) in [4.78, 5) is 0. The van der Waals surface area contributed by atoms with E-state index in [9.17, 15) is 4.39 Å². The molecular weight excluding hydrogens is 235 g/mol. The fraction of sp³-hybridized carbons (Fsp3) is 0.300. The van der Waals surface area contributed by atoms with Gasteiger partial charge in [0, 0.05) is 4.47 Å². The monoisotopic (exact) mass is 245 g/mol. The lowest BCUT2D eigenvalue weighted by Crippen LogP contribution is -1.99. The molecule has 0 saturated carbocycles. The highest BCUT2D eigenvalue weighted by molar-refractivity contribution is 9.10. The molecule has 0 aliphatic carbocycles. The molecule has 0 amide bonds. The van der Waals surface area contributed by atoms with Crippen LogP contribution in [0.2, 0.25) is 0 Å². The van der Waals surface area contributed by atoms with E-state index in [1.54, 1.807) is 13.3 Å². The highest BCUT2D eigenvalue weighted by Crippen LogP contribution is 2.17. The van der Waals surface area contributed by atoms with E-state index in [4.69, 9.17) is 5.11 Å². The number of hydrogen-bond acceptors (Lipinski definition) is 1. The molecule has 3 heteroatoms. The zero-order chi connectivity index (χ0) is 9.84. The van der Waals surface area contributed by atoms with Crippen LogP contribution >= 0.6 is 15.9 Å². The second-order valence-electron chi connectivity index (χ2n) is 2.99. The van der Waals surface area contributed by atoms with Gasteiger partial charge in [-0.15, -0.1) is 0 Å². The van der Waals surface area contributed by atoms with E-state index in [0.717, 1.165) is 5.56 Å². The molecule has 1 aromatic rings. The van der Waals surface area contributed by atoms with Gasteiger partial charge in [-0.3, -0.25) is 0 Å². The van der Waals surface area contributed by atoms with Crippen LogP contribution in [0.1, 0.15) is 18.9 Å². The average Bonchev–Trinajstić information content (AvgIpc) is 1.99. The third-order valence-corrected chi connectivity index (χ3v) is 2.04. The summed E-state index contributed by atoms with van der Waals surface area (Å²) in [5.41, 5.74) is 0.785. The van der Waals surface area contributed by atoms with E-state index in [0.29, 0.717) is 10.9 Å². The van der Waals surface area contributed by atoms with Crippen molar-refractivity contribution in [3.63, 3.8) is 0 Å².